The van der Waals surface area contributed by atoms with E-state index >= 15 is 0 Å². The third-order valence-corrected chi connectivity index (χ3v) is 1.72. The molecule has 1 rings (SSSR count). The van der Waals surface area contributed by atoms with Gasteiger partial charge in [0.15, 0.2) is 0 Å². The third-order valence-electron chi connectivity index (χ3n) is 1.30. The molecule has 0 aliphatic carbocycles. The average molecular weight is 186 g/mol. The minimum Gasteiger partial charge on any atom is -0.780 e. The van der Waals surface area contributed by atoms with Crippen molar-refractivity contribution >= 4 is 7.82 Å². The van der Waals surface area contributed by atoms with E-state index in [4.69, 9.17) is 0 Å². The van der Waals surface area contributed by atoms with E-state index in [9.17, 15) is 14.4 Å². The van der Waals surface area contributed by atoms with Gasteiger partial charge in [0.1, 0.15) is 13.6 Å². The van der Waals surface area contributed by atoms with Crippen molar-refractivity contribution in [2.75, 3.05) is 0 Å². The Balaban J connectivity index is 2.90. The van der Waals surface area contributed by atoms with Gasteiger partial charge in [-0.3, -0.25) is 0 Å². The van der Waals surface area contributed by atoms with E-state index < -0.39 is 7.82 Å². The summed E-state index contributed by atoms with van der Waals surface area (Å²) >= 11 is 0. The highest BCUT2D eigenvalue weighted by molar-refractivity contribution is 7.43. The molecule has 0 N–H and O–H groups in total. The highest BCUT2D eigenvalue weighted by atomic mass is 31.2. The van der Waals surface area contributed by atoms with Gasteiger partial charge in [-0.2, -0.15) is 0 Å². The van der Waals surface area contributed by atoms with E-state index in [1.165, 1.54) is 6.07 Å². The Morgan fingerprint density at radius 2 is 1.92 bits per heavy atom. The Morgan fingerprint density at radius 1 is 1.33 bits per heavy atom. The van der Waals surface area contributed by atoms with E-state index in [1.54, 1.807) is 25.1 Å². The molecule has 1 aromatic rings. The number of rotatable bonds is 2. The fourth-order valence-electron chi connectivity index (χ4n) is 0.779. The maximum atomic E-state index is 10.2. The molecule has 0 saturated heterocycles. The fraction of sp³-hybridized carbons (Fsp3) is 0.143. The molecule has 4 nitrogen and oxygen atoms in total. The van der Waals surface area contributed by atoms with Crippen LogP contribution in [0, 0.1) is 6.92 Å². The summed E-state index contributed by atoms with van der Waals surface area (Å²) in [6.45, 7) is 1.66. The Morgan fingerprint density at radius 3 is 2.42 bits per heavy atom. The largest absolute Gasteiger partial charge is 0.780 e. The Hall–Kier alpha value is -0.830. The van der Waals surface area contributed by atoms with Gasteiger partial charge < -0.3 is 18.9 Å². The zero-order chi connectivity index (χ0) is 9.19. The molecule has 0 unspecified atom stereocenters. The first-order chi connectivity index (χ1) is 5.49. The summed E-state index contributed by atoms with van der Waals surface area (Å²) in [4.78, 5) is 20.4. The van der Waals surface area contributed by atoms with Crippen LogP contribution in [0.25, 0.3) is 0 Å². The molecule has 0 aromatic heterocycles. The maximum absolute atomic E-state index is 10.2. The van der Waals surface area contributed by atoms with Crippen molar-refractivity contribution in [3.8, 4) is 5.75 Å². The SMILES string of the molecule is Cc1ccccc1OP(=O)([O-])[O-]. The summed E-state index contributed by atoms with van der Waals surface area (Å²) in [7, 11) is -4.91. The normalized spacial score (nSPS) is 11.2. The predicted molar refractivity (Wildman–Crippen MR) is 39.4 cm³/mol. The Labute approximate surface area is 70.0 Å². The molecular weight excluding hydrogens is 179 g/mol. The van der Waals surface area contributed by atoms with Crippen LogP contribution >= 0.6 is 7.82 Å². The third kappa shape index (κ3) is 2.66. The van der Waals surface area contributed by atoms with Crippen molar-refractivity contribution in [3.05, 3.63) is 29.8 Å². The van der Waals surface area contributed by atoms with Crippen LogP contribution < -0.4 is 14.3 Å². The second kappa shape index (κ2) is 3.27. The van der Waals surface area contributed by atoms with E-state index in [0.29, 0.717) is 5.56 Å². The molecule has 0 spiro atoms. The number of para-hydroxylation sites is 1. The van der Waals surface area contributed by atoms with Gasteiger partial charge in [-0.1, -0.05) is 18.2 Å². The minimum atomic E-state index is -4.91. The molecule has 12 heavy (non-hydrogen) atoms. The van der Waals surface area contributed by atoms with Gasteiger partial charge in [0, 0.05) is 0 Å². The first-order valence-electron chi connectivity index (χ1n) is 3.26. The summed E-state index contributed by atoms with van der Waals surface area (Å²) in [6.07, 6.45) is 0. The van der Waals surface area contributed by atoms with E-state index in [2.05, 4.69) is 4.52 Å². The monoisotopic (exact) mass is 186 g/mol. The van der Waals surface area contributed by atoms with E-state index in [1.807, 2.05) is 0 Å². The number of hydrogen-bond donors (Lipinski definition) is 0. The topological polar surface area (TPSA) is 72.4 Å². The van der Waals surface area contributed by atoms with Crippen LogP contribution in [0.5, 0.6) is 5.75 Å². The molecule has 0 radical (unpaired) electrons. The van der Waals surface area contributed by atoms with Gasteiger partial charge in [0.05, 0.1) is 0 Å². The van der Waals surface area contributed by atoms with Crippen LogP contribution in [0.1, 0.15) is 5.56 Å². The molecule has 5 heteroatoms. The summed E-state index contributed by atoms with van der Waals surface area (Å²) in [5.41, 5.74) is 0.615. The molecule has 0 bridgehead atoms. The van der Waals surface area contributed by atoms with E-state index in [-0.39, 0.29) is 5.75 Å². The summed E-state index contributed by atoms with van der Waals surface area (Å²) in [6, 6.07) is 6.41. The van der Waals surface area contributed by atoms with Crippen molar-refractivity contribution in [2.45, 2.75) is 6.92 Å². The van der Waals surface area contributed by atoms with Crippen molar-refractivity contribution in [2.24, 2.45) is 0 Å². The molecule has 0 saturated carbocycles. The Kier molecular flexibility index (Phi) is 2.52. The number of hydrogen-bond acceptors (Lipinski definition) is 4. The number of phosphoric ester groups is 1. The average Bonchev–Trinajstić information content (AvgIpc) is 1.91. The van der Waals surface area contributed by atoms with Crippen LogP contribution in [-0.4, -0.2) is 0 Å². The molecule has 1 aromatic carbocycles. The van der Waals surface area contributed by atoms with Gasteiger partial charge in [-0.15, -0.1) is 0 Å². The number of phosphoric acid groups is 1. The second-order valence-corrected chi connectivity index (χ2v) is 3.38. The molecule has 0 aliphatic heterocycles. The van der Waals surface area contributed by atoms with Crippen LogP contribution in [0.3, 0.4) is 0 Å². The molecule has 0 heterocycles. The quantitative estimate of drug-likeness (QED) is 0.618. The van der Waals surface area contributed by atoms with Crippen LogP contribution in [-0.2, 0) is 4.57 Å². The van der Waals surface area contributed by atoms with Gasteiger partial charge in [-0.25, -0.2) is 0 Å². The second-order valence-electron chi connectivity index (χ2n) is 2.30. The van der Waals surface area contributed by atoms with Crippen LogP contribution in [0.15, 0.2) is 24.3 Å². The first kappa shape index (κ1) is 9.26. The van der Waals surface area contributed by atoms with Gasteiger partial charge in [-0.05, 0) is 18.6 Å². The lowest BCUT2D eigenvalue weighted by atomic mass is 10.2. The molecule has 0 aliphatic rings. The lowest BCUT2D eigenvalue weighted by Crippen LogP contribution is -2.18. The van der Waals surface area contributed by atoms with Crippen molar-refractivity contribution in [1.82, 2.24) is 0 Å². The Bertz CT molecular complexity index is 317. The van der Waals surface area contributed by atoms with Gasteiger partial charge in [0.2, 0.25) is 0 Å². The van der Waals surface area contributed by atoms with Crippen molar-refractivity contribution in [1.29, 1.82) is 0 Å². The maximum Gasteiger partial charge on any atom is 0.127 e. The summed E-state index contributed by atoms with van der Waals surface area (Å²) in [5, 5.41) is 0. The highest BCUT2D eigenvalue weighted by Gasteiger charge is 1.98. The molecule has 66 valence electrons. The lowest BCUT2D eigenvalue weighted by Gasteiger charge is -2.29. The van der Waals surface area contributed by atoms with Gasteiger partial charge >= 0.3 is 0 Å². The molecule has 0 amide bonds. The summed E-state index contributed by atoms with van der Waals surface area (Å²) < 4.78 is 14.4. The van der Waals surface area contributed by atoms with E-state index in [0.717, 1.165) is 0 Å². The highest BCUT2D eigenvalue weighted by Crippen LogP contribution is 2.30. The first-order valence-corrected chi connectivity index (χ1v) is 4.72. The lowest BCUT2D eigenvalue weighted by molar-refractivity contribution is -0.333. The molecule has 0 fully saturated rings. The van der Waals surface area contributed by atoms with Crippen molar-refractivity contribution in [3.63, 3.8) is 0 Å². The predicted octanol–water partition coefficient (Wildman–Crippen LogP) is 0.203. The minimum absolute atomic E-state index is 0.0887. The molecular formula is C7H7O4P-2. The number of aryl methyl sites for hydroxylation is 1. The summed E-state index contributed by atoms with van der Waals surface area (Å²) in [5.74, 6) is 0.0887. The van der Waals surface area contributed by atoms with Crippen molar-refractivity contribution < 1.29 is 18.9 Å². The zero-order valence-electron chi connectivity index (χ0n) is 6.39. The number of benzene rings is 1. The van der Waals surface area contributed by atoms with Gasteiger partial charge in [0.25, 0.3) is 0 Å². The standard InChI is InChI=1S/C7H9O4P/c1-6-4-2-3-5-7(6)11-12(8,9)10/h2-5H,1H3,(H2,8,9,10)/p-2. The smallest absolute Gasteiger partial charge is 0.127 e. The fourth-order valence-corrected chi connectivity index (χ4v) is 1.23. The van der Waals surface area contributed by atoms with Crippen LogP contribution in [0.2, 0.25) is 0 Å². The molecule has 0 atom stereocenters. The zero-order valence-corrected chi connectivity index (χ0v) is 7.28. The van der Waals surface area contributed by atoms with Crippen LogP contribution in [0.4, 0.5) is 0 Å².